The number of rotatable bonds is 1. The van der Waals surface area contributed by atoms with Crippen molar-refractivity contribution in [3.8, 4) is 18.2 Å². The van der Waals surface area contributed by atoms with Crippen molar-refractivity contribution in [2.45, 2.75) is 18.6 Å². The van der Waals surface area contributed by atoms with E-state index in [1.54, 1.807) is 31.2 Å². The normalized spacial score (nSPS) is 34.8. The minimum absolute atomic E-state index is 0.205. The molecule has 0 spiro atoms. The number of ether oxygens (including phenoxy) is 2. The van der Waals surface area contributed by atoms with E-state index in [0.29, 0.717) is 5.56 Å². The zero-order valence-corrected chi connectivity index (χ0v) is 11.8. The summed E-state index contributed by atoms with van der Waals surface area (Å²) < 4.78 is 11.2. The molecular formula is C16H12N4O2. The van der Waals surface area contributed by atoms with Gasteiger partial charge in [0, 0.05) is 6.92 Å². The Hall–Kier alpha value is -2.88. The van der Waals surface area contributed by atoms with Crippen LogP contribution in [0.1, 0.15) is 18.4 Å². The van der Waals surface area contributed by atoms with Crippen LogP contribution in [-0.2, 0) is 9.47 Å². The largest absolute Gasteiger partial charge is 0.447 e. The molecule has 0 saturated carbocycles. The highest BCUT2D eigenvalue weighted by Crippen LogP contribution is 2.62. The second-order valence-electron chi connectivity index (χ2n) is 5.63. The summed E-state index contributed by atoms with van der Waals surface area (Å²) >= 11 is 0. The van der Waals surface area contributed by atoms with E-state index in [1.807, 2.05) is 24.3 Å². The lowest BCUT2D eigenvalue weighted by Gasteiger charge is -2.58. The molecule has 6 heteroatoms. The van der Waals surface area contributed by atoms with E-state index in [1.165, 1.54) is 0 Å². The second kappa shape index (κ2) is 4.31. The predicted octanol–water partition coefficient (Wildman–Crippen LogP) is 2.07. The summed E-state index contributed by atoms with van der Waals surface area (Å²) in [6.07, 6.45) is 0. The number of hydrogen-bond acceptors (Lipinski definition) is 6. The maximum Gasteiger partial charge on any atom is 0.218 e. The fraction of sp³-hybridized carbons (Fsp3) is 0.375. The summed E-state index contributed by atoms with van der Waals surface area (Å²) in [5, 5.41) is 37.3. The zero-order chi connectivity index (χ0) is 16.0. The van der Waals surface area contributed by atoms with Gasteiger partial charge < -0.3 is 9.47 Å². The molecule has 3 aliphatic rings. The summed E-state index contributed by atoms with van der Waals surface area (Å²) in [4.78, 5) is 0. The monoisotopic (exact) mass is 292 g/mol. The second-order valence-corrected chi connectivity index (χ2v) is 5.63. The van der Waals surface area contributed by atoms with E-state index >= 15 is 0 Å². The highest BCUT2D eigenvalue weighted by atomic mass is 16.7. The first kappa shape index (κ1) is 14.1. The van der Waals surface area contributed by atoms with Gasteiger partial charge in [-0.15, -0.1) is 0 Å². The molecule has 0 aromatic heterocycles. The van der Waals surface area contributed by atoms with Crippen molar-refractivity contribution in [2.75, 3.05) is 6.61 Å². The molecular weight excluding hydrogens is 280 g/mol. The Labute approximate surface area is 127 Å². The van der Waals surface area contributed by atoms with Gasteiger partial charge in [0.1, 0.15) is 0 Å². The van der Waals surface area contributed by atoms with E-state index in [0.717, 1.165) is 0 Å². The molecule has 1 aromatic carbocycles. The molecule has 108 valence electrons. The topological polar surface area (TPSA) is 114 Å². The summed E-state index contributed by atoms with van der Waals surface area (Å²) in [7, 11) is 0. The zero-order valence-electron chi connectivity index (χ0n) is 11.8. The van der Waals surface area contributed by atoms with Crippen LogP contribution in [0.5, 0.6) is 0 Å². The van der Waals surface area contributed by atoms with Gasteiger partial charge in [-0.3, -0.25) is 5.41 Å². The lowest BCUT2D eigenvalue weighted by Crippen LogP contribution is -2.70. The quantitative estimate of drug-likeness (QED) is 0.851. The Bertz CT molecular complexity index is 756. The third-order valence-electron chi connectivity index (χ3n) is 4.57. The average molecular weight is 292 g/mol. The van der Waals surface area contributed by atoms with Crippen LogP contribution in [0.4, 0.5) is 0 Å². The van der Waals surface area contributed by atoms with Crippen molar-refractivity contribution >= 4 is 5.90 Å². The SMILES string of the molecule is C[C@]12OC[C@@](C#N)(C(=N)O1)C(C#N)(C#N)[C@@H]2c1ccccc1. The molecule has 3 saturated heterocycles. The molecule has 6 nitrogen and oxygen atoms in total. The molecule has 4 rings (SSSR count). The molecule has 1 N–H and O–H groups in total. The average Bonchev–Trinajstić information content (AvgIpc) is 2.54. The van der Waals surface area contributed by atoms with Crippen molar-refractivity contribution in [2.24, 2.45) is 10.8 Å². The van der Waals surface area contributed by atoms with E-state index < -0.39 is 22.5 Å². The number of hydrogen-bond donors (Lipinski definition) is 1. The summed E-state index contributed by atoms with van der Waals surface area (Å²) in [5.74, 6) is -2.50. The minimum Gasteiger partial charge on any atom is -0.447 e. The van der Waals surface area contributed by atoms with Crippen molar-refractivity contribution in [3.05, 3.63) is 35.9 Å². The third-order valence-corrected chi connectivity index (χ3v) is 4.57. The minimum atomic E-state index is -1.74. The molecule has 3 heterocycles. The van der Waals surface area contributed by atoms with Gasteiger partial charge >= 0.3 is 0 Å². The van der Waals surface area contributed by atoms with Crippen LogP contribution in [0.3, 0.4) is 0 Å². The first-order valence-electron chi connectivity index (χ1n) is 6.70. The molecule has 3 atom stereocenters. The Balaban J connectivity index is 2.34. The fourth-order valence-electron chi connectivity index (χ4n) is 3.43. The first-order valence-corrected chi connectivity index (χ1v) is 6.70. The number of nitriles is 3. The van der Waals surface area contributed by atoms with Gasteiger partial charge in [-0.05, 0) is 5.56 Å². The fourth-order valence-corrected chi connectivity index (χ4v) is 3.43. The van der Waals surface area contributed by atoms with Crippen LogP contribution in [0.15, 0.2) is 30.3 Å². The first-order chi connectivity index (χ1) is 10.5. The van der Waals surface area contributed by atoms with Crippen molar-refractivity contribution in [1.82, 2.24) is 0 Å². The van der Waals surface area contributed by atoms with E-state index in [9.17, 15) is 15.8 Å². The van der Waals surface area contributed by atoms with E-state index in [2.05, 4.69) is 0 Å². The Morgan fingerprint density at radius 2 is 1.77 bits per heavy atom. The molecule has 1 aromatic rings. The summed E-state index contributed by atoms with van der Waals surface area (Å²) in [6, 6.07) is 14.9. The van der Waals surface area contributed by atoms with E-state index in [-0.39, 0.29) is 12.5 Å². The van der Waals surface area contributed by atoms with E-state index in [4.69, 9.17) is 14.9 Å². The number of nitrogens with zero attached hydrogens (tertiary/aromatic N) is 3. The third kappa shape index (κ3) is 1.36. The van der Waals surface area contributed by atoms with Gasteiger partial charge in [0.2, 0.25) is 11.7 Å². The Morgan fingerprint density at radius 3 is 2.27 bits per heavy atom. The molecule has 3 fully saturated rings. The van der Waals surface area contributed by atoms with Gasteiger partial charge in [-0.25, -0.2) is 0 Å². The van der Waals surface area contributed by atoms with Gasteiger partial charge in [-0.2, -0.15) is 15.8 Å². The predicted molar refractivity (Wildman–Crippen MR) is 74.1 cm³/mol. The van der Waals surface area contributed by atoms with Crippen molar-refractivity contribution in [1.29, 1.82) is 21.2 Å². The van der Waals surface area contributed by atoms with Crippen LogP contribution in [-0.4, -0.2) is 18.3 Å². The number of fused-ring (bicyclic) bond motifs is 3. The van der Waals surface area contributed by atoms with Crippen LogP contribution < -0.4 is 0 Å². The highest BCUT2D eigenvalue weighted by molar-refractivity contribution is 5.88. The van der Waals surface area contributed by atoms with Gasteiger partial charge in [0.25, 0.3) is 0 Å². The van der Waals surface area contributed by atoms with Gasteiger partial charge in [-0.1, -0.05) is 30.3 Å². The maximum absolute atomic E-state index is 9.79. The van der Waals surface area contributed by atoms with Crippen LogP contribution in [0, 0.1) is 50.2 Å². The standard InChI is InChI=1S/C16H12N4O2/c1-14-12(11-5-3-2-4-6-11)15(7-17,8-18)16(9-19,10-21-14)13(20)22-14/h2-6,12,20H,10H2,1H3/t12-,14+,16+/m1/s1. The van der Waals surface area contributed by atoms with Crippen LogP contribution >= 0.6 is 0 Å². The number of benzene rings is 1. The molecule has 3 aliphatic heterocycles. The van der Waals surface area contributed by atoms with Gasteiger partial charge in [0.05, 0.1) is 30.7 Å². The maximum atomic E-state index is 9.79. The lowest BCUT2D eigenvalue weighted by atomic mass is 9.52. The Morgan fingerprint density at radius 1 is 1.14 bits per heavy atom. The summed E-state index contributed by atoms with van der Waals surface area (Å²) in [5.41, 5.74) is -2.81. The van der Waals surface area contributed by atoms with Crippen LogP contribution in [0.2, 0.25) is 0 Å². The molecule has 0 amide bonds. The van der Waals surface area contributed by atoms with Crippen molar-refractivity contribution < 1.29 is 9.47 Å². The molecule has 2 bridgehead atoms. The lowest BCUT2D eigenvalue weighted by molar-refractivity contribution is -0.287. The highest BCUT2D eigenvalue weighted by Gasteiger charge is 2.75. The Kier molecular flexibility index (Phi) is 2.75. The molecule has 0 aliphatic carbocycles. The van der Waals surface area contributed by atoms with Crippen molar-refractivity contribution in [3.63, 3.8) is 0 Å². The summed E-state index contributed by atoms with van der Waals surface area (Å²) in [6.45, 7) is 1.40. The number of nitrogens with one attached hydrogen (secondary N) is 1. The molecule has 22 heavy (non-hydrogen) atoms. The molecule has 0 unspecified atom stereocenters. The molecule has 0 radical (unpaired) electrons. The smallest absolute Gasteiger partial charge is 0.218 e. The van der Waals surface area contributed by atoms with Gasteiger partial charge in [0.15, 0.2) is 10.8 Å². The van der Waals surface area contributed by atoms with Crippen LogP contribution in [0.25, 0.3) is 0 Å².